The molecule has 0 spiro atoms. The second-order valence-corrected chi connectivity index (χ2v) is 9.14. The van der Waals surface area contributed by atoms with Gasteiger partial charge in [-0.1, -0.05) is 44.2 Å². The molecule has 5 heteroatoms. The van der Waals surface area contributed by atoms with Crippen LogP contribution in [-0.2, 0) is 24.1 Å². The number of nitrogens with zero attached hydrogens (tertiary/aromatic N) is 2. The molecule has 2 aromatic rings. The lowest BCUT2D eigenvalue weighted by atomic mass is 9.90. The van der Waals surface area contributed by atoms with Crippen molar-refractivity contribution in [2.45, 2.75) is 84.5 Å². The second kappa shape index (κ2) is 10.3. The number of fused-ring (bicyclic) bond motifs is 2. The number of rotatable bonds is 3. The van der Waals surface area contributed by atoms with E-state index in [4.69, 9.17) is 4.74 Å². The molecule has 1 aliphatic carbocycles. The Morgan fingerprint density at radius 3 is 2.58 bits per heavy atom. The molecule has 0 bridgehead atoms. The molecule has 4 rings (SSSR count). The summed E-state index contributed by atoms with van der Waals surface area (Å²) in [6.07, 6.45) is 5.83. The number of pyridine rings is 1. The van der Waals surface area contributed by atoms with Crippen LogP contribution in [0.2, 0.25) is 0 Å². The molecule has 2 heterocycles. The quantitative estimate of drug-likeness (QED) is 0.714. The van der Waals surface area contributed by atoms with Crippen molar-refractivity contribution in [2.24, 2.45) is 0 Å². The molecule has 0 saturated heterocycles. The molecular weight excluding hydrogens is 386 g/mol. The zero-order chi connectivity index (χ0) is 22.4. The van der Waals surface area contributed by atoms with Gasteiger partial charge in [0.1, 0.15) is 5.60 Å². The first kappa shape index (κ1) is 23.3. The first-order valence-electron chi connectivity index (χ1n) is 11.6. The van der Waals surface area contributed by atoms with E-state index >= 15 is 0 Å². The number of carbonyl (C=O) groups is 1. The van der Waals surface area contributed by atoms with Crippen molar-refractivity contribution in [3.63, 3.8) is 0 Å². The summed E-state index contributed by atoms with van der Waals surface area (Å²) >= 11 is 0. The zero-order valence-electron chi connectivity index (χ0n) is 19.6. The van der Waals surface area contributed by atoms with E-state index < -0.39 is 5.60 Å². The van der Waals surface area contributed by atoms with E-state index in [1.807, 2.05) is 57.8 Å². The van der Waals surface area contributed by atoms with Crippen molar-refractivity contribution in [3.8, 4) is 0 Å². The van der Waals surface area contributed by atoms with Crippen molar-refractivity contribution >= 4 is 6.09 Å². The average molecular weight is 424 g/mol. The van der Waals surface area contributed by atoms with Crippen molar-refractivity contribution in [1.82, 2.24) is 15.2 Å². The highest BCUT2D eigenvalue weighted by Crippen LogP contribution is 2.29. The molecule has 2 unspecified atom stereocenters. The van der Waals surface area contributed by atoms with E-state index in [0.717, 1.165) is 25.8 Å². The maximum absolute atomic E-state index is 12.9. The van der Waals surface area contributed by atoms with Gasteiger partial charge in [-0.05, 0) is 69.2 Å². The van der Waals surface area contributed by atoms with Crippen LogP contribution in [0, 0.1) is 0 Å². The number of nitrogens with one attached hydrogen (secondary N) is 1. The summed E-state index contributed by atoms with van der Waals surface area (Å²) in [5.41, 5.74) is 4.53. The number of carbonyl (C=O) groups excluding carboxylic acids is 1. The topological polar surface area (TPSA) is 54.5 Å². The summed E-state index contributed by atoms with van der Waals surface area (Å²) in [5, 5.41) is 3.71. The summed E-state index contributed by atoms with van der Waals surface area (Å²) in [6, 6.07) is 12.9. The largest absolute Gasteiger partial charge is 0.444 e. The van der Waals surface area contributed by atoms with Gasteiger partial charge in [-0.15, -0.1) is 0 Å². The molecule has 31 heavy (non-hydrogen) atoms. The number of aryl methyl sites for hydroxylation is 1. The minimum atomic E-state index is -0.502. The van der Waals surface area contributed by atoms with Gasteiger partial charge in [0, 0.05) is 25.3 Å². The Balaban J connectivity index is 0.00000132. The second-order valence-electron chi connectivity index (χ2n) is 9.14. The van der Waals surface area contributed by atoms with Gasteiger partial charge in [-0.3, -0.25) is 9.88 Å². The molecule has 168 valence electrons. The number of ether oxygens (including phenoxy) is 1. The third kappa shape index (κ3) is 5.85. The number of aromatic nitrogens is 1. The molecular formula is C26H37N3O2. The van der Waals surface area contributed by atoms with Crippen LogP contribution in [0.5, 0.6) is 0 Å². The lowest BCUT2D eigenvalue weighted by Crippen LogP contribution is -2.51. The monoisotopic (exact) mass is 423 g/mol. The van der Waals surface area contributed by atoms with E-state index in [0.29, 0.717) is 6.54 Å². The Kier molecular flexibility index (Phi) is 7.71. The molecule has 1 aromatic carbocycles. The van der Waals surface area contributed by atoms with Gasteiger partial charge in [0.25, 0.3) is 0 Å². The molecule has 1 aliphatic heterocycles. The van der Waals surface area contributed by atoms with Gasteiger partial charge in [0.2, 0.25) is 0 Å². The molecule has 1 amide bonds. The van der Waals surface area contributed by atoms with Crippen LogP contribution in [0.3, 0.4) is 0 Å². The number of benzene rings is 1. The normalized spacial score (nSPS) is 20.1. The standard InChI is InChI=1S/C24H31N3O2.C2H6/c1-24(2,3)29-23(28)27-16-19-9-5-4-8-18(19)14-20(27)15-26-21-12-6-10-17-11-7-13-25-22(17)21;1-2/h4-5,7-9,11,13,20-21,26H,6,10,12,14-16H2,1-3H3;1-2H3. The van der Waals surface area contributed by atoms with Crippen LogP contribution >= 0.6 is 0 Å². The number of hydrogen-bond donors (Lipinski definition) is 1. The Bertz CT molecular complexity index is 875. The van der Waals surface area contributed by atoms with Crippen molar-refractivity contribution in [2.75, 3.05) is 6.54 Å². The number of hydrogen-bond acceptors (Lipinski definition) is 4. The van der Waals surface area contributed by atoms with E-state index in [-0.39, 0.29) is 18.2 Å². The van der Waals surface area contributed by atoms with E-state index in [1.54, 1.807) is 0 Å². The minimum Gasteiger partial charge on any atom is -0.444 e. The Morgan fingerprint density at radius 1 is 1.13 bits per heavy atom. The first-order chi connectivity index (χ1) is 14.9. The van der Waals surface area contributed by atoms with Crippen LogP contribution in [-0.4, -0.2) is 34.2 Å². The van der Waals surface area contributed by atoms with Crippen molar-refractivity contribution in [3.05, 3.63) is 65.0 Å². The summed E-state index contributed by atoms with van der Waals surface area (Å²) in [5.74, 6) is 0. The van der Waals surface area contributed by atoms with Crippen LogP contribution in [0.15, 0.2) is 42.6 Å². The predicted molar refractivity (Wildman–Crippen MR) is 125 cm³/mol. The van der Waals surface area contributed by atoms with E-state index in [1.165, 1.54) is 28.8 Å². The first-order valence-corrected chi connectivity index (χ1v) is 11.6. The minimum absolute atomic E-state index is 0.0637. The molecule has 1 N–H and O–H groups in total. The summed E-state index contributed by atoms with van der Waals surface area (Å²) in [7, 11) is 0. The van der Waals surface area contributed by atoms with Gasteiger partial charge in [-0.25, -0.2) is 4.79 Å². The Morgan fingerprint density at radius 2 is 1.84 bits per heavy atom. The van der Waals surface area contributed by atoms with Crippen LogP contribution in [0.25, 0.3) is 0 Å². The Labute approximate surface area is 187 Å². The van der Waals surface area contributed by atoms with Gasteiger partial charge in [0.15, 0.2) is 0 Å². The third-order valence-electron chi connectivity index (χ3n) is 5.78. The average Bonchev–Trinajstić information content (AvgIpc) is 2.77. The van der Waals surface area contributed by atoms with Gasteiger partial charge >= 0.3 is 6.09 Å². The van der Waals surface area contributed by atoms with Crippen LogP contribution < -0.4 is 5.32 Å². The van der Waals surface area contributed by atoms with Crippen LogP contribution in [0.4, 0.5) is 4.79 Å². The lowest BCUT2D eigenvalue weighted by molar-refractivity contribution is 0.0116. The number of amides is 1. The van der Waals surface area contributed by atoms with Crippen LogP contribution in [0.1, 0.15) is 75.9 Å². The summed E-state index contributed by atoms with van der Waals surface area (Å²) in [6.45, 7) is 11.1. The predicted octanol–water partition coefficient (Wildman–Crippen LogP) is 5.44. The van der Waals surface area contributed by atoms with Crippen molar-refractivity contribution < 1.29 is 9.53 Å². The maximum atomic E-state index is 12.9. The SMILES string of the molecule is CC.CC(C)(C)OC(=O)N1Cc2ccccc2CC1CNC1CCCc2cccnc21. The third-order valence-corrected chi connectivity index (χ3v) is 5.78. The highest BCUT2D eigenvalue weighted by Gasteiger charge is 2.33. The fraction of sp³-hybridized carbons (Fsp3) is 0.538. The molecule has 0 fully saturated rings. The molecule has 2 aliphatic rings. The van der Waals surface area contributed by atoms with Gasteiger partial charge in [0.05, 0.1) is 11.7 Å². The fourth-order valence-corrected chi connectivity index (χ4v) is 4.39. The zero-order valence-corrected chi connectivity index (χ0v) is 19.6. The van der Waals surface area contributed by atoms with Crippen molar-refractivity contribution in [1.29, 1.82) is 0 Å². The van der Waals surface area contributed by atoms with Gasteiger partial charge < -0.3 is 10.1 Å². The fourth-order valence-electron chi connectivity index (χ4n) is 4.39. The lowest BCUT2D eigenvalue weighted by Gasteiger charge is -2.39. The summed E-state index contributed by atoms with van der Waals surface area (Å²) in [4.78, 5) is 19.5. The highest BCUT2D eigenvalue weighted by atomic mass is 16.6. The van der Waals surface area contributed by atoms with Gasteiger partial charge in [-0.2, -0.15) is 0 Å². The molecule has 2 atom stereocenters. The van der Waals surface area contributed by atoms with E-state index in [2.05, 4.69) is 34.6 Å². The Hall–Kier alpha value is -2.40. The smallest absolute Gasteiger partial charge is 0.410 e. The molecule has 1 aromatic heterocycles. The molecule has 5 nitrogen and oxygen atoms in total. The molecule has 0 radical (unpaired) electrons. The highest BCUT2D eigenvalue weighted by molar-refractivity contribution is 5.69. The van der Waals surface area contributed by atoms with E-state index in [9.17, 15) is 4.79 Å². The summed E-state index contributed by atoms with van der Waals surface area (Å²) < 4.78 is 5.72. The molecule has 0 saturated carbocycles. The maximum Gasteiger partial charge on any atom is 0.410 e.